The summed E-state index contributed by atoms with van der Waals surface area (Å²) in [6.07, 6.45) is 3.47. The first kappa shape index (κ1) is 15.8. The van der Waals surface area contributed by atoms with Crippen molar-refractivity contribution in [1.82, 2.24) is 0 Å². The molecule has 0 fully saturated rings. The van der Waals surface area contributed by atoms with Crippen LogP contribution in [-0.4, -0.2) is 20.7 Å². The highest BCUT2D eigenvalue weighted by Gasteiger charge is 2.05. The lowest BCUT2D eigenvalue weighted by atomic mass is 10.0. The van der Waals surface area contributed by atoms with E-state index in [1.807, 2.05) is 12.1 Å². The van der Waals surface area contributed by atoms with Gasteiger partial charge in [-0.15, -0.1) is 0 Å². The second kappa shape index (κ2) is 6.80. The van der Waals surface area contributed by atoms with E-state index in [-0.39, 0.29) is 0 Å². The molecule has 1 aromatic rings. The summed E-state index contributed by atoms with van der Waals surface area (Å²) in [5, 5.41) is 3.41. The van der Waals surface area contributed by atoms with E-state index in [0.29, 0.717) is 17.6 Å². The van der Waals surface area contributed by atoms with Gasteiger partial charge in [-0.3, -0.25) is 4.72 Å². The summed E-state index contributed by atoms with van der Waals surface area (Å²) in [7, 11) is -3.20. The number of hydrogen-bond acceptors (Lipinski definition) is 3. The number of rotatable bonds is 7. The van der Waals surface area contributed by atoms with Crippen LogP contribution in [0.15, 0.2) is 24.3 Å². The molecule has 0 heterocycles. The molecule has 0 aliphatic heterocycles. The largest absolute Gasteiger partial charge is 0.383 e. The highest BCUT2D eigenvalue weighted by molar-refractivity contribution is 7.92. The zero-order valence-electron chi connectivity index (χ0n) is 12.1. The van der Waals surface area contributed by atoms with Crippen LogP contribution in [0.4, 0.5) is 11.4 Å². The molecule has 1 rings (SSSR count). The molecule has 5 heteroatoms. The van der Waals surface area contributed by atoms with E-state index in [4.69, 9.17) is 0 Å². The standard InChI is InChI=1S/C14H24N2O2S/c1-11(2)5-6-12(3)15-13-7-9-14(10-8-13)16-19(4,17)18/h7-12,15-16H,5-6H2,1-4H3. The minimum Gasteiger partial charge on any atom is -0.383 e. The molecule has 0 aliphatic carbocycles. The maximum atomic E-state index is 11.1. The van der Waals surface area contributed by atoms with Crippen molar-refractivity contribution in [3.63, 3.8) is 0 Å². The average Bonchev–Trinajstić information content (AvgIpc) is 2.27. The second-order valence-corrected chi connectivity index (χ2v) is 7.22. The van der Waals surface area contributed by atoms with Crippen LogP contribution in [0, 0.1) is 5.92 Å². The monoisotopic (exact) mass is 284 g/mol. The maximum absolute atomic E-state index is 11.1. The van der Waals surface area contributed by atoms with E-state index in [1.165, 1.54) is 6.42 Å². The fourth-order valence-electron chi connectivity index (χ4n) is 1.79. The van der Waals surface area contributed by atoms with E-state index >= 15 is 0 Å². The van der Waals surface area contributed by atoms with Gasteiger partial charge >= 0.3 is 0 Å². The molecule has 0 amide bonds. The number of hydrogen-bond donors (Lipinski definition) is 2. The quantitative estimate of drug-likeness (QED) is 0.807. The van der Waals surface area contributed by atoms with Crippen molar-refractivity contribution in [1.29, 1.82) is 0 Å². The lowest BCUT2D eigenvalue weighted by Gasteiger charge is -2.16. The van der Waals surface area contributed by atoms with Gasteiger partial charge in [-0.05, 0) is 49.9 Å². The molecule has 19 heavy (non-hydrogen) atoms. The van der Waals surface area contributed by atoms with Crippen molar-refractivity contribution in [3.05, 3.63) is 24.3 Å². The summed E-state index contributed by atoms with van der Waals surface area (Å²) in [4.78, 5) is 0. The van der Waals surface area contributed by atoms with Crippen molar-refractivity contribution in [2.45, 2.75) is 39.7 Å². The van der Waals surface area contributed by atoms with Gasteiger partial charge < -0.3 is 5.32 Å². The minimum absolute atomic E-state index is 0.413. The van der Waals surface area contributed by atoms with Gasteiger partial charge in [-0.2, -0.15) is 0 Å². The van der Waals surface area contributed by atoms with Gasteiger partial charge in [0, 0.05) is 17.4 Å². The lowest BCUT2D eigenvalue weighted by Crippen LogP contribution is -2.16. The van der Waals surface area contributed by atoms with Crippen LogP contribution in [0.2, 0.25) is 0 Å². The van der Waals surface area contributed by atoms with Gasteiger partial charge in [-0.1, -0.05) is 13.8 Å². The lowest BCUT2D eigenvalue weighted by molar-refractivity contribution is 0.528. The molecule has 0 saturated heterocycles. The van der Waals surface area contributed by atoms with Gasteiger partial charge in [0.15, 0.2) is 0 Å². The van der Waals surface area contributed by atoms with Gasteiger partial charge in [-0.25, -0.2) is 8.42 Å². The number of anilines is 2. The molecule has 1 aromatic carbocycles. The Balaban J connectivity index is 2.52. The minimum atomic E-state index is -3.20. The molecular weight excluding hydrogens is 260 g/mol. The maximum Gasteiger partial charge on any atom is 0.229 e. The normalized spacial score (nSPS) is 13.3. The Morgan fingerprint density at radius 1 is 1.00 bits per heavy atom. The van der Waals surface area contributed by atoms with Crippen LogP contribution in [-0.2, 0) is 10.0 Å². The fourth-order valence-corrected chi connectivity index (χ4v) is 2.35. The van der Waals surface area contributed by atoms with Gasteiger partial charge in [0.2, 0.25) is 10.0 Å². The first-order valence-corrected chi connectivity index (χ1v) is 8.50. The van der Waals surface area contributed by atoms with Gasteiger partial charge in [0.1, 0.15) is 0 Å². The van der Waals surface area contributed by atoms with Crippen molar-refractivity contribution in [3.8, 4) is 0 Å². The Kier molecular flexibility index (Phi) is 5.66. The zero-order chi connectivity index (χ0) is 14.5. The Bertz CT molecular complexity index is 481. The Morgan fingerprint density at radius 2 is 1.53 bits per heavy atom. The van der Waals surface area contributed by atoms with E-state index in [2.05, 4.69) is 30.8 Å². The van der Waals surface area contributed by atoms with Crippen LogP contribution in [0.1, 0.15) is 33.6 Å². The second-order valence-electron chi connectivity index (χ2n) is 5.47. The molecule has 0 saturated carbocycles. The van der Waals surface area contributed by atoms with Crippen molar-refractivity contribution in [2.24, 2.45) is 5.92 Å². The van der Waals surface area contributed by atoms with E-state index in [0.717, 1.165) is 18.4 Å². The van der Waals surface area contributed by atoms with E-state index < -0.39 is 10.0 Å². The molecule has 0 aromatic heterocycles. The van der Waals surface area contributed by atoms with Gasteiger partial charge in [0.25, 0.3) is 0 Å². The number of sulfonamides is 1. The van der Waals surface area contributed by atoms with Crippen LogP contribution in [0.25, 0.3) is 0 Å². The third kappa shape index (κ3) is 7.06. The third-order valence-corrected chi connectivity index (χ3v) is 3.38. The number of benzene rings is 1. The topological polar surface area (TPSA) is 58.2 Å². The Hall–Kier alpha value is -1.23. The molecule has 108 valence electrons. The Morgan fingerprint density at radius 3 is 2.00 bits per heavy atom. The molecule has 0 aliphatic rings. The molecule has 2 N–H and O–H groups in total. The summed E-state index contributed by atoms with van der Waals surface area (Å²) in [6, 6.07) is 7.71. The summed E-state index contributed by atoms with van der Waals surface area (Å²) in [6.45, 7) is 6.60. The molecule has 0 radical (unpaired) electrons. The first-order valence-electron chi connectivity index (χ1n) is 6.60. The molecule has 0 bridgehead atoms. The highest BCUT2D eigenvalue weighted by atomic mass is 32.2. The van der Waals surface area contributed by atoms with Crippen molar-refractivity contribution < 1.29 is 8.42 Å². The average molecular weight is 284 g/mol. The molecule has 0 spiro atoms. The Labute approximate surface area is 116 Å². The van der Waals surface area contributed by atoms with Crippen LogP contribution >= 0.6 is 0 Å². The third-order valence-electron chi connectivity index (χ3n) is 2.78. The summed E-state index contributed by atoms with van der Waals surface area (Å²) >= 11 is 0. The first-order chi connectivity index (χ1) is 8.76. The predicted octanol–water partition coefficient (Wildman–Crippen LogP) is 3.29. The van der Waals surface area contributed by atoms with Crippen LogP contribution < -0.4 is 10.0 Å². The summed E-state index contributed by atoms with van der Waals surface area (Å²) < 4.78 is 24.6. The van der Waals surface area contributed by atoms with E-state index in [1.54, 1.807) is 12.1 Å². The molecule has 1 atom stereocenters. The SMILES string of the molecule is CC(C)CCC(C)Nc1ccc(NS(C)(=O)=O)cc1. The molecular formula is C14H24N2O2S. The zero-order valence-corrected chi connectivity index (χ0v) is 12.9. The fraction of sp³-hybridized carbons (Fsp3) is 0.571. The summed E-state index contributed by atoms with van der Waals surface area (Å²) in [5.74, 6) is 0.714. The smallest absolute Gasteiger partial charge is 0.229 e. The summed E-state index contributed by atoms with van der Waals surface area (Å²) in [5.41, 5.74) is 1.60. The van der Waals surface area contributed by atoms with Crippen molar-refractivity contribution >= 4 is 21.4 Å². The van der Waals surface area contributed by atoms with Crippen LogP contribution in [0.5, 0.6) is 0 Å². The highest BCUT2D eigenvalue weighted by Crippen LogP contribution is 2.17. The van der Waals surface area contributed by atoms with E-state index in [9.17, 15) is 8.42 Å². The van der Waals surface area contributed by atoms with Gasteiger partial charge in [0.05, 0.1) is 6.26 Å². The molecule has 4 nitrogen and oxygen atoms in total. The van der Waals surface area contributed by atoms with Crippen molar-refractivity contribution in [2.75, 3.05) is 16.3 Å². The van der Waals surface area contributed by atoms with Crippen LogP contribution in [0.3, 0.4) is 0 Å². The predicted molar refractivity (Wildman–Crippen MR) is 82.1 cm³/mol. The number of nitrogens with one attached hydrogen (secondary N) is 2. The molecule has 1 unspecified atom stereocenters.